The fraction of sp³-hybridized carbons (Fsp3) is 0.538. The van der Waals surface area contributed by atoms with Gasteiger partial charge in [-0.1, -0.05) is 11.6 Å². The molecule has 2 fully saturated rings. The second-order valence-corrected chi connectivity index (χ2v) is 5.67. The fourth-order valence-electron chi connectivity index (χ4n) is 3.03. The first kappa shape index (κ1) is 12.7. The molecule has 1 aromatic carbocycles. The minimum Gasteiger partial charge on any atom is -0.369 e. The minimum atomic E-state index is -0.415. The van der Waals surface area contributed by atoms with E-state index in [2.05, 4.69) is 10.2 Å². The molecule has 2 unspecified atom stereocenters. The van der Waals surface area contributed by atoms with Gasteiger partial charge in [-0.2, -0.15) is 0 Å². The molecule has 5 nitrogen and oxygen atoms in total. The van der Waals surface area contributed by atoms with Crippen molar-refractivity contribution in [1.82, 2.24) is 5.32 Å². The third-order valence-corrected chi connectivity index (χ3v) is 4.31. The van der Waals surface area contributed by atoms with E-state index < -0.39 is 4.92 Å². The number of hydrogen-bond donors (Lipinski definition) is 1. The van der Waals surface area contributed by atoms with Crippen LogP contribution in [-0.4, -0.2) is 30.1 Å². The molecule has 2 saturated heterocycles. The molecule has 0 radical (unpaired) electrons. The Morgan fingerprint density at radius 3 is 2.84 bits per heavy atom. The molecule has 1 N–H and O–H groups in total. The summed E-state index contributed by atoms with van der Waals surface area (Å²) in [5, 5.41) is 14.8. The lowest BCUT2D eigenvalue weighted by Gasteiger charge is -2.27. The lowest BCUT2D eigenvalue weighted by atomic mass is 10.1. The average Bonchev–Trinajstić information content (AvgIpc) is 2.70. The second kappa shape index (κ2) is 4.98. The van der Waals surface area contributed by atoms with Crippen LogP contribution in [-0.2, 0) is 0 Å². The van der Waals surface area contributed by atoms with Crippen LogP contribution in [0.15, 0.2) is 18.2 Å². The normalized spacial score (nSPS) is 26.3. The molecule has 0 spiro atoms. The van der Waals surface area contributed by atoms with Gasteiger partial charge in [-0.15, -0.1) is 0 Å². The zero-order valence-corrected chi connectivity index (χ0v) is 11.3. The predicted octanol–water partition coefficient (Wildman–Crippen LogP) is 2.58. The molecule has 6 heteroatoms. The smallest absolute Gasteiger partial charge is 0.271 e. The molecule has 19 heavy (non-hydrogen) atoms. The third-order valence-electron chi connectivity index (χ3n) is 4.01. The van der Waals surface area contributed by atoms with Crippen molar-refractivity contribution in [1.29, 1.82) is 0 Å². The summed E-state index contributed by atoms with van der Waals surface area (Å²) in [5.41, 5.74) is 0.949. The summed E-state index contributed by atoms with van der Waals surface area (Å²) in [4.78, 5) is 12.5. The summed E-state index contributed by atoms with van der Waals surface area (Å²) in [6.45, 7) is 1.87. The van der Waals surface area contributed by atoms with Crippen LogP contribution in [0.3, 0.4) is 0 Å². The molecular weight excluding hydrogens is 266 g/mol. The molecule has 0 aromatic heterocycles. The highest BCUT2D eigenvalue weighted by Gasteiger charge is 2.30. The Morgan fingerprint density at radius 1 is 1.32 bits per heavy atom. The Kier molecular flexibility index (Phi) is 3.33. The van der Waals surface area contributed by atoms with Gasteiger partial charge >= 0.3 is 0 Å². The van der Waals surface area contributed by atoms with Gasteiger partial charge < -0.3 is 10.2 Å². The van der Waals surface area contributed by atoms with Crippen molar-refractivity contribution in [3.05, 3.63) is 33.3 Å². The van der Waals surface area contributed by atoms with E-state index in [0.717, 1.165) is 25.2 Å². The van der Waals surface area contributed by atoms with E-state index in [1.807, 2.05) is 0 Å². The topological polar surface area (TPSA) is 58.4 Å². The van der Waals surface area contributed by atoms with Crippen molar-refractivity contribution < 1.29 is 4.92 Å². The van der Waals surface area contributed by atoms with Gasteiger partial charge in [0.25, 0.3) is 5.69 Å². The summed E-state index contributed by atoms with van der Waals surface area (Å²) in [6.07, 6.45) is 3.56. The molecule has 2 atom stereocenters. The molecule has 3 rings (SSSR count). The number of halogens is 1. The van der Waals surface area contributed by atoms with Gasteiger partial charge in [-0.3, -0.25) is 10.1 Å². The Balaban J connectivity index is 1.83. The second-order valence-electron chi connectivity index (χ2n) is 5.27. The summed E-state index contributed by atoms with van der Waals surface area (Å²) < 4.78 is 0. The van der Waals surface area contributed by atoms with E-state index in [0.29, 0.717) is 17.1 Å². The molecule has 2 bridgehead atoms. The maximum absolute atomic E-state index is 10.7. The van der Waals surface area contributed by atoms with E-state index in [-0.39, 0.29) is 5.69 Å². The number of hydrogen-bond acceptors (Lipinski definition) is 4. The van der Waals surface area contributed by atoms with E-state index in [1.165, 1.54) is 25.0 Å². The van der Waals surface area contributed by atoms with Crippen LogP contribution in [0.4, 0.5) is 11.4 Å². The first-order chi connectivity index (χ1) is 9.13. The minimum absolute atomic E-state index is 0.0446. The number of non-ortho nitro benzene ring substituents is 1. The standard InChI is InChI=1S/C13H16ClN3O2/c14-12-7-11(17(18)19)3-4-13(12)16-6-5-9-1-2-10(8-16)15-9/h3-4,7,9-10,15H,1-2,5-6,8H2. The fourth-order valence-corrected chi connectivity index (χ4v) is 3.32. The molecule has 2 heterocycles. The Bertz CT molecular complexity index is 509. The van der Waals surface area contributed by atoms with Crippen molar-refractivity contribution >= 4 is 23.0 Å². The van der Waals surface area contributed by atoms with Gasteiger partial charge in [0.1, 0.15) is 0 Å². The van der Waals surface area contributed by atoms with Crippen molar-refractivity contribution in [2.45, 2.75) is 31.3 Å². The maximum atomic E-state index is 10.7. The van der Waals surface area contributed by atoms with E-state index in [4.69, 9.17) is 11.6 Å². The number of nitro groups is 1. The Labute approximate surface area is 116 Å². The van der Waals surface area contributed by atoms with Crippen molar-refractivity contribution in [3.8, 4) is 0 Å². The van der Waals surface area contributed by atoms with Crippen LogP contribution in [0.5, 0.6) is 0 Å². The first-order valence-electron chi connectivity index (χ1n) is 6.58. The van der Waals surface area contributed by atoms with Crippen LogP contribution in [0.25, 0.3) is 0 Å². The molecule has 1 aromatic rings. The molecule has 0 amide bonds. The number of rotatable bonds is 2. The molecule has 2 aliphatic rings. The van der Waals surface area contributed by atoms with Crippen LogP contribution in [0, 0.1) is 10.1 Å². The average molecular weight is 282 g/mol. The molecule has 0 saturated carbocycles. The lowest BCUT2D eigenvalue weighted by Crippen LogP contribution is -2.35. The van der Waals surface area contributed by atoms with Crippen molar-refractivity contribution in [2.24, 2.45) is 0 Å². The van der Waals surface area contributed by atoms with Crippen LogP contribution < -0.4 is 10.2 Å². The van der Waals surface area contributed by atoms with Crippen LogP contribution in [0.1, 0.15) is 19.3 Å². The number of nitrogens with one attached hydrogen (secondary N) is 1. The van der Waals surface area contributed by atoms with E-state index in [1.54, 1.807) is 6.07 Å². The van der Waals surface area contributed by atoms with E-state index >= 15 is 0 Å². The summed E-state index contributed by atoms with van der Waals surface area (Å²) in [6, 6.07) is 5.86. The van der Waals surface area contributed by atoms with Gasteiger partial charge in [0.15, 0.2) is 0 Å². The molecular formula is C13H16ClN3O2. The van der Waals surface area contributed by atoms with E-state index in [9.17, 15) is 10.1 Å². The zero-order valence-electron chi connectivity index (χ0n) is 10.5. The maximum Gasteiger partial charge on any atom is 0.271 e. The Morgan fingerprint density at radius 2 is 2.11 bits per heavy atom. The third kappa shape index (κ3) is 2.53. The summed E-state index contributed by atoms with van der Waals surface area (Å²) in [5.74, 6) is 0. The van der Waals surface area contributed by atoms with Gasteiger partial charge in [0.05, 0.1) is 15.6 Å². The number of nitro benzene ring substituents is 1. The van der Waals surface area contributed by atoms with Crippen molar-refractivity contribution in [3.63, 3.8) is 0 Å². The monoisotopic (exact) mass is 281 g/mol. The highest BCUT2D eigenvalue weighted by atomic mass is 35.5. The zero-order chi connectivity index (χ0) is 13.4. The van der Waals surface area contributed by atoms with Crippen LogP contribution >= 0.6 is 11.6 Å². The quantitative estimate of drug-likeness (QED) is 0.669. The lowest BCUT2D eigenvalue weighted by molar-refractivity contribution is -0.384. The van der Waals surface area contributed by atoms with Gasteiger partial charge in [-0.05, 0) is 25.3 Å². The Hall–Kier alpha value is -1.33. The number of anilines is 1. The summed E-state index contributed by atoms with van der Waals surface area (Å²) in [7, 11) is 0. The summed E-state index contributed by atoms with van der Waals surface area (Å²) >= 11 is 6.20. The van der Waals surface area contributed by atoms with Gasteiger partial charge in [0, 0.05) is 37.3 Å². The molecule has 2 aliphatic heterocycles. The number of benzene rings is 1. The largest absolute Gasteiger partial charge is 0.369 e. The highest BCUT2D eigenvalue weighted by Crippen LogP contribution is 2.32. The van der Waals surface area contributed by atoms with Crippen molar-refractivity contribution in [2.75, 3.05) is 18.0 Å². The first-order valence-corrected chi connectivity index (χ1v) is 6.96. The SMILES string of the molecule is O=[N+]([O-])c1ccc(N2CCC3CCC(C2)N3)c(Cl)c1. The number of nitrogens with zero attached hydrogens (tertiary/aromatic N) is 2. The van der Waals surface area contributed by atoms with Crippen LogP contribution in [0.2, 0.25) is 5.02 Å². The predicted molar refractivity (Wildman–Crippen MR) is 74.9 cm³/mol. The highest BCUT2D eigenvalue weighted by molar-refractivity contribution is 6.33. The molecule has 0 aliphatic carbocycles. The van der Waals surface area contributed by atoms with Gasteiger partial charge in [0.2, 0.25) is 0 Å². The van der Waals surface area contributed by atoms with Gasteiger partial charge in [-0.25, -0.2) is 0 Å². The molecule has 102 valence electrons. The number of fused-ring (bicyclic) bond motifs is 2.